The quantitative estimate of drug-likeness (QED) is 0.763. The number of carbonyl (C=O) groups is 3. The molecule has 1 aromatic rings. The normalized spacial score (nSPS) is 16.8. The number of rotatable bonds is 6. The third-order valence-electron chi connectivity index (χ3n) is 3.48. The van der Waals surface area contributed by atoms with Crippen molar-refractivity contribution in [1.82, 2.24) is 19.6 Å². The molecule has 3 amide bonds. The summed E-state index contributed by atoms with van der Waals surface area (Å²) in [6, 6.07) is 1.83. The predicted molar refractivity (Wildman–Crippen MR) is 76.8 cm³/mol. The summed E-state index contributed by atoms with van der Waals surface area (Å²) >= 11 is 0. The van der Waals surface area contributed by atoms with E-state index >= 15 is 0 Å². The fourth-order valence-corrected chi connectivity index (χ4v) is 2.14. The summed E-state index contributed by atoms with van der Waals surface area (Å²) in [5, 5.41) is 4.08. The van der Waals surface area contributed by atoms with Gasteiger partial charge in [0.2, 0.25) is 5.91 Å². The van der Waals surface area contributed by atoms with Gasteiger partial charge in [0, 0.05) is 32.5 Å². The molecule has 0 radical (unpaired) electrons. The number of hydrogen-bond donors (Lipinski definition) is 0. The number of imide groups is 1. The molecule has 0 aliphatic carbocycles. The van der Waals surface area contributed by atoms with Crippen molar-refractivity contribution in [2.45, 2.75) is 32.4 Å². The standard InChI is InChI=1S/C14H20N4O4/c1-14(2)12(20)18(13(21)22-14)10-11(19)16(3)7-5-9-17-8-4-6-15-17/h4,6,8H,5,7,9-10H2,1-3H3. The minimum Gasteiger partial charge on any atom is -0.433 e. The fraction of sp³-hybridized carbons (Fsp3) is 0.571. The number of aromatic nitrogens is 2. The number of carbonyl (C=O) groups excluding carboxylic acids is 3. The van der Waals surface area contributed by atoms with Gasteiger partial charge >= 0.3 is 6.09 Å². The van der Waals surface area contributed by atoms with Crippen LogP contribution in [0.4, 0.5) is 4.79 Å². The first-order valence-electron chi connectivity index (χ1n) is 7.07. The molecule has 2 heterocycles. The SMILES string of the molecule is CN(CCCn1cccn1)C(=O)CN1C(=O)OC(C)(C)C1=O. The molecule has 0 unspecified atom stereocenters. The van der Waals surface area contributed by atoms with E-state index in [0.717, 1.165) is 11.3 Å². The van der Waals surface area contributed by atoms with Gasteiger partial charge in [0.15, 0.2) is 5.60 Å². The molecule has 0 atom stereocenters. The Kier molecular flexibility index (Phi) is 4.48. The van der Waals surface area contributed by atoms with Crippen LogP contribution in [0, 0.1) is 0 Å². The summed E-state index contributed by atoms with van der Waals surface area (Å²) in [6.07, 6.45) is 3.51. The van der Waals surface area contributed by atoms with Gasteiger partial charge in [-0.3, -0.25) is 14.3 Å². The van der Waals surface area contributed by atoms with Crippen molar-refractivity contribution in [2.75, 3.05) is 20.1 Å². The smallest absolute Gasteiger partial charge is 0.418 e. The lowest BCUT2D eigenvalue weighted by Crippen LogP contribution is -2.43. The van der Waals surface area contributed by atoms with Crippen LogP contribution in [-0.2, 0) is 20.9 Å². The molecule has 1 aliphatic rings. The maximum absolute atomic E-state index is 12.1. The molecule has 0 N–H and O–H groups in total. The van der Waals surface area contributed by atoms with Gasteiger partial charge in [-0.15, -0.1) is 0 Å². The van der Waals surface area contributed by atoms with Gasteiger partial charge in [-0.1, -0.05) is 0 Å². The first-order valence-corrected chi connectivity index (χ1v) is 7.07. The molecule has 1 aromatic heterocycles. The second-order valence-electron chi connectivity index (χ2n) is 5.71. The van der Waals surface area contributed by atoms with Gasteiger partial charge in [-0.05, 0) is 26.3 Å². The Balaban J connectivity index is 1.81. The maximum Gasteiger partial charge on any atom is 0.418 e. The summed E-state index contributed by atoms with van der Waals surface area (Å²) < 4.78 is 6.72. The molecule has 2 rings (SSSR count). The van der Waals surface area contributed by atoms with Gasteiger partial charge in [-0.2, -0.15) is 5.10 Å². The number of ether oxygens (including phenoxy) is 1. The van der Waals surface area contributed by atoms with Gasteiger partial charge in [0.25, 0.3) is 5.91 Å². The van der Waals surface area contributed by atoms with Gasteiger partial charge in [0.1, 0.15) is 6.54 Å². The molecule has 0 saturated carbocycles. The Morgan fingerprint density at radius 2 is 2.14 bits per heavy atom. The predicted octanol–water partition coefficient (Wildman–Crippen LogP) is 0.489. The highest BCUT2D eigenvalue weighted by Gasteiger charge is 2.47. The van der Waals surface area contributed by atoms with Crippen molar-refractivity contribution >= 4 is 17.9 Å². The number of amides is 3. The second kappa shape index (κ2) is 6.17. The van der Waals surface area contributed by atoms with Crippen LogP contribution < -0.4 is 0 Å². The zero-order valence-electron chi connectivity index (χ0n) is 13.0. The lowest BCUT2D eigenvalue weighted by atomic mass is 10.1. The number of hydrogen-bond acceptors (Lipinski definition) is 5. The first-order chi connectivity index (χ1) is 10.3. The molecule has 1 saturated heterocycles. The van der Waals surface area contributed by atoms with E-state index in [4.69, 9.17) is 4.74 Å². The van der Waals surface area contributed by atoms with Crippen LogP contribution in [0.2, 0.25) is 0 Å². The Hall–Kier alpha value is -2.38. The summed E-state index contributed by atoms with van der Waals surface area (Å²) in [5.41, 5.74) is -1.20. The molecular formula is C14H20N4O4. The van der Waals surface area contributed by atoms with Crippen LogP contribution >= 0.6 is 0 Å². The third-order valence-corrected chi connectivity index (χ3v) is 3.48. The molecular weight excluding hydrogens is 288 g/mol. The van der Waals surface area contributed by atoms with E-state index < -0.39 is 17.6 Å². The van der Waals surface area contributed by atoms with Crippen LogP contribution in [0.15, 0.2) is 18.5 Å². The summed E-state index contributed by atoms with van der Waals surface area (Å²) in [5.74, 6) is -0.792. The Labute approximate surface area is 128 Å². The summed E-state index contributed by atoms with van der Waals surface area (Å²) in [7, 11) is 1.64. The van der Waals surface area contributed by atoms with Crippen molar-refractivity contribution in [3.8, 4) is 0 Å². The lowest BCUT2D eigenvalue weighted by Gasteiger charge is -2.20. The third kappa shape index (κ3) is 3.44. The number of nitrogens with zero attached hydrogens (tertiary/aromatic N) is 4. The molecule has 0 spiro atoms. The Bertz CT molecular complexity index is 567. The minimum atomic E-state index is -1.20. The fourth-order valence-electron chi connectivity index (χ4n) is 2.14. The van der Waals surface area contributed by atoms with Crippen LogP contribution in [-0.4, -0.2) is 63.2 Å². The van der Waals surface area contributed by atoms with Crippen molar-refractivity contribution in [1.29, 1.82) is 0 Å². The van der Waals surface area contributed by atoms with Crippen molar-refractivity contribution < 1.29 is 19.1 Å². The largest absolute Gasteiger partial charge is 0.433 e. The first kappa shape index (κ1) is 16.0. The highest BCUT2D eigenvalue weighted by atomic mass is 16.6. The Morgan fingerprint density at radius 3 is 2.68 bits per heavy atom. The lowest BCUT2D eigenvalue weighted by molar-refractivity contribution is -0.139. The van der Waals surface area contributed by atoms with Crippen molar-refractivity contribution in [3.63, 3.8) is 0 Å². The number of aryl methyl sites for hydroxylation is 1. The molecule has 0 bridgehead atoms. The van der Waals surface area contributed by atoms with Crippen molar-refractivity contribution in [3.05, 3.63) is 18.5 Å². The van der Waals surface area contributed by atoms with Crippen molar-refractivity contribution in [2.24, 2.45) is 0 Å². The molecule has 22 heavy (non-hydrogen) atoms. The Morgan fingerprint density at radius 1 is 1.41 bits per heavy atom. The highest BCUT2D eigenvalue weighted by molar-refractivity contribution is 6.04. The second-order valence-corrected chi connectivity index (χ2v) is 5.71. The maximum atomic E-state index is 12.1. The van der Waals surface area contributed by atoms with Crippen LogP contribution in [0.3, 0.4) is 0 Å². The van der Waals surface area contributed by atoms with E-state index in [1.165, 1.54) is 18.7 Å². The van der Waals surface area contributed by atoms with Gasteiger partial charge < -0.3 is 9.64 Å². The summed E-state index contributed by atoms with van der Waals surface area (Å²) in [4.78, 5) is 38.0. The molecule has 0 aromatic carbocycles. The average Bonchev–Trinajstić information content (AvgIpc) is 3.01. The minimum absolute atomic E-state index is 0.292. The highest BCUT2D eigenvalue weighted by Crippen LogP contribution is 2.23. The average molecular weight is 308 g/mol. The zero-order chi connectivity index (χ0) is 16.3. The molecule has 8 nitrogen and oxygen atoms in total. The van der Waals surface area contributed by atoms with Crippen LogP contribution in [0.25, 0.3) is 0 Å². The van der Waals surface area contributed by atoms with Crippen LogP contribution in [0.1, 0.15) is 20.3 Å². The van der Waals surface area contributed by atoms with Gasteiger partial charge in [0.05, 0.1) is 0 Å². The van der Waals surface area contributed by atoms with Crippen LogP contribution in [0.5, 0.6) is 0 Å². The molecule has 8 heteroatoms. The number of likely N-dealkylation sites (N-methyl/N-ethyl adjacent to an activating group) is 1. The van der Waals surface area contributed by atoms with E-state index in [1.807, 2.05) is 12.3 Å². The van der Waals surface area contributed by atoms with E-state index in [0.29, 0.717) is 13.1 Å². The number of cyclic esters (lactones) is 1. The van der Waals surface area contributed by atoms with E-state index in [1.54, 1.807) is 17.9 Å². The van der Waals surface area contributed by atoms with E-state index in [9.17, 15) is 14.4 Å². The molecule has 1 aliphatic heterocycles. The topological polar surface area (TPSA) is 84.7 Å². The molecule has 1 fully saturated rings. The molecule has 120 valence electrons. The zero-order valence-corrected chi connectivity index (χ0v) is 13.0. The van der Waals surface area contributed by atoms with E-state index in [-0.39, 0.29) is 12.5 Å². The summed E-state index contributed by atoms with van der Waals surface area (Å²) in [6.45, 7) is 3.93. The monoisotopic (exact) mass is 308 g/mol. The van der Waals surface area contributed by atoms with E-state index in [2.05, 4.69) is 5.10 Å². The van der Waals surface area contributed by atoms with Gasteiger partial charge in [-0.25, -0.2) is 9.69 Å².